The van der Waals surface area contributed by atoms with Crippen LogP contribution in [0.25, 0.3) is 0 Å². The van der Waals surface area contributed by atoms with E-state index in [1.54, 1.807) is 0 Å². The van der Waals surface area contributed by atoms with Crippen molar-refractivity contribution in [1.29, 1.82) is 0 Å². The lowest BCUT2D eigenvalue weighted by atomic mass is 9.86. The molecule has 0 radical (unpaired) electrons. The van der Waals surface area contributed by atoms with E-state index in [9.17, 15) is 4.79 Å². The standard InChI is InChI=1S/C10H20INO/c1-4-12-9(13)10(2,3)7-5-6-8-11/h4-8H2,1-3H3,(H,12,13). The van der Waals surface area contributed by atoms with Gasteiger partial charge in [0, 0.05) is 12.0 Å². The lowest BCUT2D eigenvalue weighted by molar-refractivity contribution is -0.129. The Hall–Kier alpha value is 0.200. The molecule has 1 N–H and O–H groups in total. The zero-order chi connectivity index (χ0) is 10.3. The number of amides is 1. The average molecular weight is 297 g/mol. The van der Waals surface area contributed by atoms with Gasteiger partial charge in [0.25, 0.3) is 0 Å². The highest BCUT2D eigenvalue weighted by Crippen LogP contribution is 2.23. The van der Waals surface area contributed by atoms with E-state index < -0.39 is 0 Å². The van der Waals surface area contributed by atoms with Crippen LogP contribution in [0.4, 0.5) is 0 Å². The van der Waals surface area contributed by atoms with Gasteiger partial charge < -0.3 is 5.32 Å². The van der Waals surface area contributed by atoms with E-state index >= 15 is 0 Å². The van der Waals surface area contributed by atoms with E-state index in [0.29, 0.717) is 0 Å². The number of rotatable bonds is 6. The van der Waals surface area contributed by atoms with Crippen molar-refractivity contribution in [3.8, 4) is 0 Å². The van der Waals surface area contributed by atoms with Crippen LogP contribution in [0.1, 0.15) is 40.0 Å². The van der Waals surface area contributed by atoms with Crippen molar-refractivity contribution >= 4 is 28.5 Å². The molecule has 0 aliphatic heterocycles. The lowest BCUT2D eigenvalue weighted by Crippen LogP contribution is -2.36. The molecule has 0 saturated heterocycles. The number of alkyl halides is 1. The average Bonchev–Trinajstić information content (AvgIpc) is 2.05. The Morgan fingerprint density at radius 3 is 2.46 bits per heavy atom. The second-order valence-corrected chi connectivity index (χ2v) is 4.97. The fraction of sp³-hybridized carbons (Fsp3) is 0.900. The SMILES string of the molecule is CCNC(=O)C(C)(C)CCCCI. The van der Waals surface area contributed by atoms with Gasteiger partial charge in [-0.1, -0.05) is 42.9 Å². The zero-order valence-corrected chi connectivity index (χ0v) is 11.0. The molecule has 0 unspecified atom stereocenters. The Kier molecular flexibility index (Phi) is 6.73. The molecule has 0 atom stereocenters. The van der Waals surface area contributed by atoms with Crippen LogP contribution in [0, 0.1) is 5.41 Å². The van der Waals surface area contributed by atoms with Gasteiger partial charge in [-0.25, -0.2) is 0 Å². The summed E-state index contributed by atoms with van der Waals surface area (Å²) in [5.41, 5.74) is -0.193. The molecule has 1 amide bonds. The molecule has 0 saturated carbocycles. The molecule has 0 heterocycles. The molecule has 78 valence electrons. The Morgan fingerprint density at radius 1 is 1.38 bits per heavy atom. The topological polar surface area (TPSA) is 29.1 Å². The van der Waals surface area contributed by atoms with Crippen molar-refractivity contribution < 1.29 is 4.79 Å². The number of hydrogen-bond donors (Lipinski definition) is 1. The molecule has 13 heavy (non-hydrogen) atoms. The first kappa shape index (κ1) is 13.2. The Balaban J connectivity index is 3.83. The summed E-state index contributed by atoms with van der Waals surface area (Å²) in [6, 6.07) is 0. The summed E-state index contributed by atoms with van der Waals surface area (Å²) in [4.78, 5) is 11.5. The third-order valence-electron chi connectivity index (χ3n) is 2.14. The van der Waals surface area contributed by atoms with E-state index in [1.807, 2.05) is 20.8 Å². The second-order valence-electron chi connectivity index (χ2n) is 3.89. The smallest absolute Gasteiger partial charge is 0.225 e. The third kappa shape index (κ3) is 5.49. The minimum Gasteiger partial charge on any atom is -0.356 e. The van der Waals surface area contributed by atoms with E-state index in [1.165, 1.54) is 10.8 Å². The molecule has 0 aliphatic rings. The normalized spacial score (nSPS) is 11.4. The molecule has 2 nitrogen and oxygen atoms in total. The summed E-state index contributed by atoms with van der Waals surface area (Å²) in [6.45, 7) is 6.73. The fourth-order valence-electron chi connectivity index (χ4n) is 1.17. The van der Waals surface area contributed by atoms with Crippen molar-refractivity contribution in [2.75, 3.05) is 11.0 Å². The van der Waals surface area contributed by atoms with Crippen molar-refractivity contribution in [2.45, 2.75) is 40.0 Å². The highest BCUT2D eigenvalue weighted by atomic mass is 127. The summed E-state index contributed by atoms with van der Waals surface area (Å²) in [7, 11) is 0. The molecule has 0 aromatic heterocycles. The van der Waals surface area contributed by atoms with Gasteiger partial charge in [0.05, 0.1) is 0 Å². The quantitative estimate of drug-likeness (QED) is 0.456. The predicted molar refractivity (Wildman–Crippen MR) is 65.2 cm³/mol. The van der Waals surface area contributed by atoms with Crippen molar-refractivity contribution in [3.05, 3.63) is 0 Å². The molecule has 0 fully saturated rings. The number of unbranched alkanes of at least 4 members (excludes halogenated alkanes) is 1. The summed E-state index contributed by atoms with van der Waals surface area (Å²) in [6.07, 6.45) is 3.35. The van der Waals surface area contributed by atoms with E-state index in [0.717, 1.165) is 19.4 Å². The van der Waals surface area contributed by atoms with Gasteiger partial charge in [-0.15, -0.1) is 0 Å². The summed E-state index contributed by atoms with van der Waals surface area (Å²) < 4.78 is 1.18. The van der Waals surface area contributed by atoms with Crippen LogP contribution in [0.5, 0.6) is 0 Å². The fourth-order valence-corrected chi connectivity index (χ4v) is 1.71. The first-order valence-corrected chi connectivity index (χ1v) is 6.41. The molecule has 0 spiro atoms. The van der Waals surface area contributed by atoms with Crippen LogP contribution in [0.2, 0.25) is 0 Å². The van der Waals surface area contributed by atoms with Gasteiger partial charge in [0.1, 0.15) is 0 Å². The second kappa shape index (κ2) is 6.62. The molecular formula is C10H20INO. The molecule has 3 heteroatoms. The van der Waals surface area contributed by atoms with Crippen molar-refractivity contribution in [2.24, 2.45) is 5.41 Å². The van der Waals surface area contributed by atoms with Crippen LogP contribution >= 0.6 is 22.6 Å². The van der Waals surface area contributed by atoms with Gasteiger partial charge >= 0.3 is 0 Å². The third-order valence-corrected chi connectivity index (χ3v) is 2.90. The summed E-state index contributed by atoms with van der Waals surface area (Å²) in [5.74, 6) is 0.184. The van der Waals surface area contributed by atoms with Gasteiger partial charge in [-0.2, -0.15) is 0 Å². The number of halogens is 1. The Bertz CT molecular complexity index is 157. The number of hydrogen-bond acceptors (Lipinski definition) is 1. The minimum atomic E-state index is -0.193. The molecule has 0 aromatic rings. The van der Waals surface area contributed by atoms with Gasteiger partial charge in [-0.05, 0) is 24.2 Å². The van der Waals surface area contributed by atoms with Crippen LogP contribution < -0.4 is 5.32 Å². The number of nitrogens with one attached hydrogen (secondary N) is 1. The Labute approximate surface area is 95.0 Å². The molecule has 0 rings (SSSR count). The van der Waals surface area contributed by atoms with E-state index in [2.05, 4.69) is 27.9 Å². The first-order valence-electron chi connectivity index (χ1n) is 4.89. The van der Waals surface area contributed by atoms with Gasteiger partial charge in [0.2, 0.25) is 5.91 Å². The highest BCUT2D eigenvalue weighted by Gasteiger charge is 2.25. The van der Waals surface area contributed by atoms with Crippen LogP contribution in [0.15, 0.2) is 0 Å². The van der Waals surface area contributed by atoms with Crippen molar-refractivity contribution in [3.63, 3.8) is 0 Å². The van der Waals surface area contributed by atoms with Gasteiger partial charge in [0.15, 0.2) is 0 Å². The van der Waals surface area contributed by atoms with Crippen LogP contribution in [-0.4, -0.2) is 16.9 Å². The largest absolute Gasteiger partial charge is 0.356 e. The van der Waals surface area contributed by atoms with E-state index in [4.69, 9.17) is 0 Å². The molecule has 0 bridgehead atoms. The van der Waals surface area contributed by atoms with Gasteiger partial charge in [-0.3, -0.25) is 4.79 Å². The summed E-state index contributed by atoms with van der Waals surface area (Å²) in [5, 5.41) is 2.87. The maximum absolute atomic E-state index is 11.5. The first-order chi connectivity index (χ1) is 6.04. The van der Waals surface area contributed by atoms with Crippen LogP contribution in [-0.2, 0) is 4.79 Å². The monoisotopic (exact) mass is 297 g/mol. The highest BCUT2D eigenvalue weighted by molar-refractivity contribution is 14.1. The van der Waals surface area contributed by atoms with E-state index in [-0.39, 0.29) is 11.3 Å². The predicted octanol–water partition coefficient (Wildman–Crippen LogP) is 2.75. The van der Waals surface area contributed by atoms with Crippen LogP contribution in [0.3, 0.4) is 0 Å². The zero-order valence-electron chi connectivity index (χ0n) is 8.82. The number of carbonyl (C=O) groups excluding carboxylic acids is 1. The van der Waals surface area contributed by atoms with Crippen molar-refractivity contribution in [1.82, 2.24) is 5.32 Å². The Morgan fingerprint density at radius 2 is 2.00 bits per heavy atom. The maximum atomic E-state index is 11.5. The maximum Gasteiger partial charge on any atom is 0.225 e. The summed E-state index contributed by atoms with van der Waals surface area (Å²) >= 11 is 2.37. The minimum absolute atomic E-state index is 0.184. The molecular weight excluding hydrogens is 277 g/mol. The number of carbonyl (C=O) groups is 1. The lowest BCUT2D eigenvalue weighted by Gasteiger charge is -2.22. The molecule has 0 aromatic carbocycles. The molecule has 0 aliphatic carbocycles.